The molecule has 0 aliphatic heterocycles. The van der Waals surface area contributed by atoms with Gasteiger partial charge in [-0.25, -0.2) is 14.6 Å². The number of nitrogens with zero attached hydrogens (tertiary/aromatic N) is 3. The summed E-state index contributed by atoms with van der Waals surface area (Å²) in [5.74, 6) is -0.516. The summed E-state index contributed by atoms with van der Waals surface area (Å²) in [6.07, 6.45) is 4.59. The number of esters is 2. The Balaban J connectivity index is 1.60. The Kier molecular flexibility index (Phi) is 14.5. The van der Waals surface area contributed by atoms with Gasteiger partial charge in [-0.15, -0.1) is 0 Å². The molecular weight excluding hydrogens is 664 g/mol. The summed E-state index contributed by atoms with van der Waals surface area (Å²) in [6.45, 7) is 9.55. The number of imidazole rings is 1. The molecule has 4 rings (SSSR count). The van der Waals surface area contributed by atoms with Crippen LogP contribution in [-0.4, -0.2) is 77.7 Å². The lowest BCUT2D eigenvalue weighted by Gasteiger charge is -2.26. The van der Waals surface area contributed by atoms with Crippen molar-refractivity contribution >= 4 is 18.0 Å². The third-order valence-electron chi connectivity index (χ3n) is 7.73. The van der Waals surface area contributed by atoms with E-state index in [1.165, 1.54) is 13.2 Å². The second-order valence-electron chi connectivity index (χ2n) is 13.2. The molecule has 0 fully saturated rings. The maximum atomic E-state index is 13.4. The van der Waals surface area contributed by atoms with Crippen LogP contribution in [0.4, 0.5) is 4.79 Å². The average Bonchev–Trinajstić information content (AvgIpc) is 3.59. The van der Waals surface area contributed by atoms with Gasteiger partial charge in [0, 0.05) is 32.7 Å². The van der Waals surface area contributed by atoms with Gasteiger partial charge in [-0.05, 0) is 56.6 Å². The quantitative estimate of drug-likeness (QED) is 0.0584. The number of carbonyl (C=O) groups excluding carboxylic acids is 3. The normalized spacial score (nSPS) is 12.4. The molecule has 1 heterocycles. The highest BCUT2D eigenvalue weighted by atomic mass is 16.7. The van der Waals surface area contributed by atoms with Crippen molar-refractivity contribution in [1.29, 1.82) is 0 Å². The molecule has 0 bridgehead atoms. The van der Waals surface area contributed by atoms with Crippen LogP contribution in [0.5, 0.6) is 5.75 Å². The van der Waals surface area contributed by atoms with Crippen molar-refractivity contribution < 1.29 is 38.1 Å². The monoisotopic (exact) mass is 712 g/mol. The number of rotatable bonds is 18. The van der Waals surface area contributed by atoms with Gasteiger partial charge in [-0.3, -0.25) is 9.69 Å². The molecule has 0 unspecified atom stereocenters. The predicted octanol–water partition coefficient (Wildman–Crippen LogP) is 5.81. The molecule has 4 aromatic rings. The zero-order valence-electron chi connectivity index (χ0n) is 30.4. The highest BCUT2D eigenvalue weighted by molar-refractivity contribution is 5.82. The van der Waals surface area contributed by atoms with Crippen LogP contribution in [-0.2, 0) is 54.5 Å². The summed E-state index contributed by atoms with van der Waals surface area (Å²) < 4.78 is 29.4. The summed E-state index contributed by atoms with van der Waals surface area (Å²) in [6, 6.07) is 22.8. The number of alkyl carbamates (subject to hydrolysis) is 1. The number of aromatic nitrogens is 2. The van der Waals surface area contributed by atoms with E-state index in [0.717, 1.165) is 11.1 Å². The number of likely N-dealkylation sites (N-methyl/N-ethyl adjacent to an activating group) is 1. The van der Waals surface area contributed by atoms with E-state index >= 15 is 0 Å². The molecule has 0 aliphatic carbocycles. The first-order valence-electron chi connectivity index (χ1n) is 17.0. The minimum atomic E-state index is -1.06. The Labute approximate surface area is 305 Å². The summed E-state index contributed by atoms with van der Waals surface area (Å²) in [5, 5.41) is 2.68. The second-order valence-corrected chi connectivity index (χ2v) is 13.2. The number of benzene rings is 3. The van der Waals surface area contributed by atoms with E-state index in [1.807, 2.05) is 84.9 Å². The molecule has 276 valence electrons. The van der Waals surface area contributed by atoms with E-state index in [2.05, 4.69) is 16.9 Å². The first-order valence-corrected chi connectivity index (χ1v) is 17.0. The molecule has 12 heteroatoms. The van der Waals surface area contributed by atoms with E-state index in [-0.39, 0.29) is 38.8 Å². The Morgan fingerprint density at radius 3 is 2.27 bits per heavy atom. The lowest BCUT2D eigenvalue weighted by atomic mass is 10.0. The molecule has 0 saturated heterocycles. The summed E-state index contributed by atoms with van der Waals surface area (Å²) in [5.41, 5.74) is 3.03. The second kappa shape index (κ2) is 19.2. The van der Waals surface area contributed by atoms with Crippen molar-refractivity contribution in [2.75, 3.05) is 27.6 Å². The molecule has 0 radical (unpaired) electrons. The van der Waals surface area contributed by atoms with Crippen LogP contribution in [0.15, 0.2) is 104 Å². The molecule has 52 heavy (non-hydrogen) atoms. The molecule has 12 nitrogen and oxygen atoms in total. The van der Waals surface area contributed by atoms with Gasteiger partial charge in [0.25, 0.3) is 0 Å². The molecule has 1 amide bonds. The van der Waals surface area contributed by atoms with Gasteiger partial charge in [0.2, 0.25) is 0 Å². The summed E-state index contributed by atoms with van der Waals surface area (Å²) in [7, 11) is 3.39. The Morgan fingerprint density at radius 2 is 1.62 bits per heavy atom. The highest BCUT2D eigenvalue weighted by Crippen LogP contribution is 2.26. The minimum Gasteiger partial charge on any atom is -0.465 e. The SMILES string of the molecule is C=CCOC(=O)[C@H](Cc1cn(-c2cc(C[C@H](NC(=O)OC(C)(C)C)C(=O)OCc3ccccc3)ccc2OCOC)cn1)N(C)Cc1ccccc1. The van der Waals surface area contributed by atoms with Gasteiger partial charge < -0.3 is 33.6 Å². The first-order chi connectivity index (χ1) is 25.0. The van der Waals surface area contributed by atoms with E-state index in [4.69, 9.17) is 23.7 Å². The lowest BCUT2D eigenvalue weighted by Crippen LogP contribution is -2.45. The highest BCUT2D eigenvalue weighted by Gasteiger charge is 2.28. The molecule has 1 aromatic heterocycles. The summed E-state index contributed by atoms with van der Waals surface area (Å²) in [4.78, 5) is 46.0. The fourth-order valence-corrected chi connectivity index (χ4v) is 5.28. The van der Waals surface area contributed by atoms with Crippen LogP contribution in [0.3, 0.4) is 0 Å². The smallest absolute Gasteiger partial charge is 0.408 e. The molecule has 1 N–H and O–H groups in total. The molecular formula is C40H48N4O8. The van der Waals surface area contributed by atoms with Crippen molar-refractivity contribution in [3.63, 3.8) is 0 Å². The van der Waals surface area contributed by atoms with Crippen molar-refractivity contribution in [1.82, 2.24) is 19.8 Å². The van der Waals surface area contributed by atoms with Crippen molar-refractivity contribution in [3.8, 4) is 11.4 Å². The minimum absolute atomic E-state index is 0.00988. The van der Waals surface area contributed by atoms with Crippen LogP contribution >= 0.6 is 0 Å². The maximum absolute atomic E-state index is 13.4. The largest absolute Gasteiger partial charge is 0.465 e. The number of methoxy groups -OCH3 is 1. The number of hydrogen-bond donors (Lipinski definition) is 1. The van der Waals surface area contributed by atoms with E-state index in [0.29, 0.717) is 29.2 Å². The fraction of sp³-hybridized carbons (Fsp3) is 0.350. The van der Waals surface area contributed by atoms with Gasteiger partial charge in [0.15, 0.2) is 6.79 Å². The van der Waals surface area contributed by atoms with Gasteiger partial charge >= 0.3 is 18.0 Å². The number of amides is 1. The van der Waals surface area contributed by atoms with Crippen LogP contribution in [0.1, 0.15) is 43.2 Å². The van der Waals surface area contributed by atoms with Crippen LogP contribution in [0.2, 0.25) is 0 Å². The lowest BCUT2D eigenvalue weighted by molar-refractivity contribution is -0.149. The fourth-order valence-electron chi connectivity index (χ4n) is 5.28. The third-order valence-corrected chi connectivity index (χ3v) is 7.73. The average molecular weight is 713 g/mol. The maximum Gasteiger partial charge on any atom is 0.408 e. The Hall–Kier alpha value is -5.46. The van der Waals surface area contributed by atoms with E-state index in [9.17, 15) is 14.4 Å². The van der Waals surface area contributed by atoms with E-state index in [1.54, 1.807) is 43.8 Å². The standard InChI is InChI=1S/C40H48N4O8/c1-7-20-49-38(46)35(43(5)24-29-14-10-8-11-15-29)23-32-25-44(27-41-32)34-22-31(18-19-36(34)51-28-48-6)21-33(42-39(47)52-40(2,3)4)37(45)50-26-30-16-12-9-13-17-30/h7-19,22,25,27,33,35H,1,20-21,23-24,26,28H2,2-6H3,(H,42,47)/t33-,35-/m0/s1. The first kappa shape index (κ1) is 39.3. The molecule has 0 aliphatic rings. The number of nitrogens with one attached hydrogen (secondary N) is 1. The molecule has 0 spiro atoms. The van der Waals surface area contributed by atoms with Gasteiger partial charge in [0.05, 0.1) is 17.7 Å². The topological polar surface area (TPSA) is 130 Å². The molecule has 3 aromatic carbocycles. The Bertz CT molecular complexity index is 1750. The van der Waals surface area contributed by atoms with Gasteiger partial charge in [-0.1, -0.05) is 79.4 Å². The zero-order chi connectivity index (χ0) is 37.5. The zero-order valence-corrected chi connectivity index (χ0v) is 30.4. The van der Waals surface area contributed by atoms with Crippen molar-refractivity contribution in [2.45, 2.75) is 64.4 Å². The van der Waals surface area contributed by atoms with Gasteiger partial charge in [0.1, 0.15) is 36.6 Å². The summed E-state index contributed by atoms with van der Waals surface area (Å²) >= 11 is 0. The number of ether oxygens (including phenoxy) is 5. The van der Waals surface area contributed by atoms with Crippen molar-refractivity contribution in [2.24, 2.45) is 0 Å². The Morgan fingerprint density at radius 1 is 0.923 bits per heavy atom. The molecule has 2 atom stereocenters. The van der Waals surface area contributed by atoms with E-state index < -0.39 is 29.7 Å². The van der Waals surface area contributed by atoms with Crippen LogP contribution < -0.4 is 10.1 Å². The number of carbonyl (C=O) groups is 3. The van der Waals surface area contributed by atoms with Gasteiger partial charge in [-0.2, -0.15) is 0 Å². The van der Waals surface area contributed by atoms with Crippen molar-refractivity contribution in [3.05, 3.63) is 126 Å². The van der Waals surface area contributed by atoms with Crippen LogP contribution in [0, 0.1) is 0 Å². The van der Waals surface area contributed by atoms with Crippen LogP contribution in [0.25, 0.3) is 5.69 Å². The molecule has 0 saturated carbocycles. The number of hydrogen-bond acceptors (Lipinski definition) is 10. The predicted molar refractivity (Wildman–Crippen MR) is 196 cm³/mol. The third kappa shape index (κ3) is 12.4.